The van der Waals surface area contributed by atoms with Gasteiger partial charge in [-0.1, -0.05) is 33.6 Å². The molecule has 1 aromatic carbocycles. The molecule has 0 radical (unpaired) electrons. The molecular weight excluding hydrogens is 286 g/mol. The second-order valence-electron chi connectivity index (χ2n) is 3.86. The number of hydrogen-bond acceptors (Lipinski definition) is 1. The first-order valence-electron chi connectivity index (χ1n) is 5.19. The third-order valence-electron chi connectivity index (χ3n) is 2.39. The summed E-state index contributed by atoms with van der Waals surface area (Å²) in [6.07, 6.45) is 5.99. The van der Waals surface area contributed by atoms with E-state index in [0.29, 0.717) is 6.04 Å². The molecule has 1 N–H and O–H groups in total. The van der Waals surface area contributed by atoms with Gasteiger partial charge in [0, 0.05) is 28.0 Å². The molecule has 16 heavy (non-hydrogen) atoms. The number of halogens is 2. The Labute approximate surface area is 111 Å². The van der Waals surface area contributed by atoms with Gasteiger partial charge < -0.3 is 5.32 Å². The van der Waals surface area contributed by atoms with Crippen molar-refractivity contribution in [1.82, 2.24) is 5.32 Å². The molecule has 0 saturated carbocycles. The topological polar surface area (TPSA) is 12.0 Å². The van der Waals surface area contributed by atoms with E-state index in [1.165, 1.54) is 0 Å². The first kappa shape index (κ1) is 13.6. The van der Waals surface area contributed by atoms with Gasteiger partial charge in [0.05, 0.1) is 0 Å². The lowest BCUT2D eigenvalue weighted by Gasteiger charge is -2.19. The van der Waals surface area contributed by atoms with Crippen LogP contribution in [0.15, 0.2) is 22.7 Å². The van der Waals surface area contributed by atoms with Gasteiger partial charge >= 0.3 is 0 Å². The highest BCUT2D eigenvalue weighted by atomic mass is 79.9. The molecule has 0 bridgehead atoms. The Kier molecular flexibility index (Phi) is 5.34. The van der Waals surface area contributed by atoms with Crippen molar-refractivity contribution in [2.45, 2.75) is 32.4 Å². The summed E-state index contributed by atoms with van der Waals surface area (Å²) in [7, 11) is 0. The van der Waals surface area contributed by atoms with E-state index < -0.39 is 0 Å². The molecule has 0 heterocycles. The van der Waals surface area contributed by atoms with Crippen LogP contribution in [-0.2, 0) is 0 Å². The molecule has 0 aliphatic heterocycles. The van der Waals surface area contributed by atoms with E-state index in [-0.39, 0.29) is 6.04 Å². The first-order chi connectivity index (χ1) is 7.54. The van der Waals surface area contributed by atoms with Gasteiger partial charge in [-0.3, -0.25) is 0 Å². The van der Waals surface area contributed by atoms with Gasteiger partial charge in [-0.2, -0.15) is 0 Å². The van der Waals surface area contributed by atoms with Crippen LogP contribution in [-0.4, -0.2) is 6.04 Å². The fourth-order valence-electron chi connectivity index (χ4n) is 1.60. The summed E-state index contributed by atoms with van der Waals surface area (Å²) in [5, 5.41) is 4.18. The summed E-state index contributed by atoms with van der Waals surface area (Å²) in [6, 6.07) is 6.41. The maximum Gasteiger partial charge on any atom is 0.0464 e. The zero-order valence-electron chi connectivity index (χ0n) is 9.43. The van der Waals surface area contributed by atoms with Gasteiger partial charge in [0.1, 0.15) is 0 Å². The molecule has 2 atom stereocenters. The minimum absolute atomic E-state index is 0.198. The quantitative estimate of drug-likeness (QED) is 0.823. The molecule has 1 aromatic rings. The van der Waals surface area contributed by atoms with Gasteiger partial charge in [0.25, 0.3) is 0 Å². The lowest BCUT2D eigenvalue weighted by molar-refractivity contribution is 0.486. The van der Waals surface area contributed by atoms with Crippen molar-refractivity contribution in [3.63, 3.8) is 0 Å². The molecule has 2 unspecified atom stereocenters. The first-order valence-corrected chi connectivity index (χ1v) is 6.36. The molecule has 0 fully saturated rings. The molecule has 0 amide bonds. The smallest absolute Gasteiger partial charge is 0.0464 e. The number of terminal acetylenes is 1. The highest BCUT2D eigenvalue weighted by Gasteiger charge is 2.11. The van der Waals surface area contributed by atoms with Crippen LogP contribution in [0, 0.1) is 12.3 Å². The van der Waals surface area contributed by atoms with Gasteiger partial charge in [-0.05, 0) is 31.5 Å². The summed E-state index contributed by atoms with van der Waals surface area (Å²) >= 11 is 9.56. The zero-order valence-corrected chi connectivity index (χ0v) is 11.8. The molecular formula is C13H15BrClN. The van der Waals surface area contributed by atoms with Crippen molar-refractivity contribution < 1.29 is 0 Å². The Morgan fingerprint density at radius 3 is 2.75 bits per heavy atom. The maximum absolute atomic E-state index is 6.17. The maximum atomic E-state index is 6.17. The van der Waals surface area contributed by atoms with E-state index >= 15 is 0 Å². The summed E-state index contributed by atoms with van der Waals surface area (Å²) in [6.45, 7) is 4.16. The number of benzene rings is 1. The highest BCUT2D eigenvalue weighted by molar-refractivity contribution is 9.10. The van der Waals surface area contributed by atoms with Crippen LogP contribution in [0.1, 0.15) is 31.9 Å². The number of nitrogens with one attached hydrogen (secondary N) is 1. The average molecular weight is 301 g/mol. The second-order valence-corrected chi connectivity index (χ2v) is 5.19. The van der Waals surface area contributed by atoms with Gasteiger partial charge in [0.15, 0.2) is 0 Å². The Hall–Kier alpha value is -0.490. The van der Waals surface area contributed by atoms with Crippen LogP contribution in [0.25, 0.3) is 0 Å². The SMILES string of the molecule is C#CCC(C)NC(C)c1ccc(Br)cc1Cl. The third-order valence-corrected chi connectivity index (χ3v) is 3.21. The highest BCUT2D eigenvalue weighted by Crippen LogP contribution is 2.26. The minimum Gasteiger partial charge on any atom is -0.307 e. The van der Waals surface area contributed by atoms with Crippen molar-refractivity contribution in [1.29, 1.82) is 0 Å². The van der Waals surface area contributed by atoms with Crippen molar-refractivity contribution in [3.8, 4) is 12.3 Å². The molecule has 0 spiro atoms. The van der Waals surface area contributed by atoms with E-state index in [1.807, 2.05) is 18.2 Å². The Morgan fingerprint density at radius 2 is 2.19 bits per heavy atom. The van der Waals surface area contributed by atoms with Crippen molar-refractivity contribution >= 4 is 27.5 Å². The van der Waals surface area contributed by atoms with Gasteiger partial charge in [-0.25, -0.2) is 0 Å². The standard InChI is InChI=1S/C13H15BrClN/c1-4-5-9(2)16-10(3)12-7-6-11(14)8-13(12)15/h1,6-10,16H,5H2,2-3H3. The fraction of sp³-hybridized carbons (Fsp3) is 0.385. The largest absolute Gasteiger partial charge is 0.307 e. The van der Waals surface area contributed by atoms with Crippen LogP contribution in [0.2, 0.25) is 5.02 Å². The van der Waals surface area contributed by atoms with E-state index in [1.54, 1.807) is 0 Å². The van der Waals surface area contributed by atoms with Crippen molar-refractivity contribution in [2.75, 3.05) is 0 Å². The van der Waals surface area contributed by atoms with E-state index in [0.717, 1.165) is 21.5 Å². The van der Waals surface area contributed by atoms with Crippen LogP contribution in [0.3, 0.4) is 0 Å². The van der Waals surface area contributed by atoms with E-state index in [4.69, 9.17) is 18.0 Å². The summed E-state index contributed by atoms with van der Waals surface area (Å²) in [4.78, 5) is 0. The van der Waals surface area contributed by atoms with Gasteiger partial charge in [-0.15, -0.1) is 12.3 Å². The normalized spacial score (nSPS) is 14.2. The molecule has 1 nitrogen and oxygen atoms in total. The predicted molar refractivity (Wildman–Crippen MR) is 73.6 cm³/mol. The van der Waals surface area contributed by atoms with E-state index in [9.17, 15) is 0 Å². The van der Waals surface area contributed by atoms with E-state index in [2.05, 4.69) is 41.0 Å². The fourth-order valence-corrected chi connectivity index (χ4v) is 2.44. The molecule has 3 heteroatoms. The van der Waals surface area contributed by atoms with Crippen molar-refractivity contribution in [2.24, 2.45) is 0 Å². The molecule has 1 rings (SSSR count). The van der Waals surface area contributed by atoms with Crippen LogP contribution in [0.5, 0.6) is 0 Å². The number of rotatable bonds is 4. The molecule has 0 saturated heterocycles. The minimum atomic E-state index is 0.198. The van der Waals surface area contributed by atoms with Crippen LogP contribution in [0.4, 0.5) is 0 Å². The zero-order chi connectivity index (χ0) is 12.1. The molecule has 0 aliphatic carbocycles. The second kappa shape index (κ2) is 6.30. The predicted octanol–water partition coefficient (Wildman–Crippen LogP) is 4.16. The Morgan fingerprint density at radius 1 is 1.50 bits per heavy atom. The monoisotopic (exact) mass is 299 g/mol. The summed E-state index contributed by atoms with van der Waals surface area (Å²) < 4.78 is 0.991. The number of hydrogen-bond donors (Lipinski definition) is 1. The van der Waals surface area contributed by atoms with Crippen molar-refractivity contribution in [3.05, 3.63) is 33.3 Å². The Bertz CT molecular complexity index is 397. The summed E-state index contributed by atoms with van der Waals surface area (Å²) in [5.74, 6) is 2.65. The molecule has 86 valence electrons. The Balaban J connectivity index is 2.73. The average Bonchev–Trinajstić information content (AvgIpc) is 2.17. The molecule has 0 aliphatic rings. The van der Waals surface area contributed by atoms with Gasteiger partial charge in [0.2, 0.25) is 0 Å². The third kappa shape index (κ3) is 3.83. The summed E-state index contributed by atoms with van der Waals surface area (Å²) in [5.41, 5.74) is 1.09. The van der Waals surface area contributed by atoms with Crippen LogP contribution < -0.4 is 5.32 Å². The van der Waals surface area contributed by atoms with Crippen LogP contribution >= 0.6 is 27.5 Å². The molecule has 0 aromatic heterocycles. The lowest BCUT2D eigenvalue weighted by atomic mass is 10.1. The lowest BCUT2D eigenvalue weighted by Crippen LogP contribution is -2.28.